The maximum Gasteiger partial charge on any atom is 0.261 e. The standard InChI is InChI=1S/C20H20N4O3/c1-24-16-6-5-13(10-15(16)19(21)23-24)17-7-8-18(27-17)20(26)22-11-12-3-2-4-14(25)9-12/h2-7,9-10,18,25H,8,11H2,1H3,(H2,21,23)(H,22,26). The Balaban J connectivity index is 1.42. The summed E-state index contributed by atoms with van der Waals surface area (Å²) in [7, 11) is 1.84. The van der Waals surface area contributed by atoms with E-state index in [1.54, 1.807) is 22.9 Å². The minimum absolute atomic E-state index is 0.174. The summed E-state index contributed by atoms with van der Waals surface area (Å²) in [5.74, 6) is 1.12. The highest BCUT2D eigenvalue weighted by Gasteiger charge is 2.26. The highest BCUT2D eigenvalue weighted by atomic mass is 16.5. The molecule has 7 nitrogen and oxygen atoms in total. The molecule has 3 aromatic rings. The Bertz CT molecular complexity index is 1050. The molecule has 138 valence electrons. The molecule has 27 heavy (non-hydrogen) atoms. The molecule has 1 unspecified atom stereocenters. The number of hydrogen-bond donors (Lipinski definition) is 3. The predicted octanol–water partition coefficient (Wildman–Crippen LogP) is 2.31. The van der Waals surface area contributed by atoms with Crippen LogP contribution >= 0.6 is 0 Å². The van der Waals surface area contributed by atoms with Crippen LogP contribution in [0.1, 0.15) is 17.5 Å². The smallest absolute Gasteiger partial charge is 0.261 e. The molecule has 1 aromatic heterocycles. The van der Waals surface area contributed by atoms with Crippen molar-refractivity contribution in [1.29, 1.82) is 0 Å². The number of fused-ring (bicyclic) bond motifs is 1. The van der Waals surface area contributed by atoms with Crippen LogP contribution in [-0.2, 0) is 23.1 Å². The summed E-state index contributed by atoms with van der Waals surface area (Å²) in [6, 6.07) is 12.6. The van der Waals surface area contributed by atoms with Gasteiger partial charge in [0.2, 0.25) is 0 Å². The van der Waals surface area contributed by atoms with Crippen molar-refractivity contribution in [1.82, 2.24) is 15.1 Å². The van der Waals surface area contributed by atoms with Crippen molar-refractivity contribution in [2.75, 3.05) is 5.73 Å². The third-order valence-electron chi connectivity index (χ3n) is 4.62. The van der Waals surface area contributed by atoms with Gasteiger partial charge >= 0.3 is 0 Å². The number of amides is 1. The first-order chi connectivity index (χ1) is 13.0. The van der Waals surface area contributed by atoms with Crippen LogP contribution in [0, 0.1) is 0 Å². The van der Waals surface area contributed by atoms with Gasteiger partial charge in [0, 0.05) is 31.0 Å². The molecule has 0 aliphatic carbocycles. The summed E-state index contributed by atoms with van der Waals surface area (Å²) in [6.07, 6.45) is 1.84. The lowest BCUT2D eigenvalue weighted by molar-refractivity contribution is -0.128. The molecular formula is C20H20N4O3. The number of phenols is 1. The van der Waals surface area contributed by atoms with E-state index in [0.29, 0.717) is 24.5 Å². The molecule has 0 bridgehead atoms. The van der Waals surface area contributed by atoms with E-state index in [-0.39, 0.29) is 11.7 Å². The molecule has 4 N–H and O–H groups in total. The number of nitrogens with zero attached hydrogens (tertiary/aromatic N) is 2. The monoisotopic (exact) mass is 364 g/mol. The maximum atomic E-state index is 12.4. The van der Waals surface area contributed by atoms with Crippen LogP contribution in [0.3, 0.4) is 0 Å². The van der Waals surface area contributed by atoms with Crippen molar-refractivity contribution in [2.24, 2.45) is 7.05 Å². The number of aromatic hydroxyl groups is 1. The number of aromatic nitrogens is 2. The van der Waals surface area contributed by atoms with Gasteiger partial charge in [-0.15, -0.1) is 0 Å². The number of rotatable bonds is 4. The number of nitrogens with one attached hydrogen (secondary N) is 1. The molecule has 0 saturated heterocycles. The van der Waals surface area contributed by atoms with Gasteiger partial charge < -0.3 is 20.9 Å². The highest BCUT2D eigenvalue weighted by molar-refractivity contribution is 5.92. The van der Waals surface area contributed by atoms with Gasteiger partial charge in [-0.1, -0.05) is 12.1 Å². The van der Waals surface area contributed by atoms with Crippen LogP contribution in [0.25, 0.3) is 16.7 Å². The summed E-state index contributed by atoms with van der Waals surface area (Å²) < 4.78 is 7.58. The Morgan fingerprint density at radius 3 is 3.04 bits per heavy atom. The quantitative estimate of drug-likeness (QED) is 0.659. The zero-order chi connectivity index (χ0) is 19.0. The summed E-state index contributed by atoms with van der Waals surface area (Å²) >= 11 is 0. The molecule has 7 heteroatoms. The number of ether oxygens (including phenoxy) is 1. The number of hydrogen-bond acceptors (Lipinski definition) is 5. The van der Waals surface area contributed by atoms with E-state index >= 15 is 0 Å². The van der Waals surface area contributed by atoms with Crippen LogP contribution < -0.4 is 11.1 Å². The second kappa shape index (κ2) is 6.68. The normalized spacial score (nSPS) is 16.2. The molecule has 4 rings (SSSR count). The lowest BCUT2D eigenvalue weighted by atomic mass is 10.1. The summed E-state index contributed by atoms with van der Waals surface area (Å²) in [4.78, 5) is 12.4. The summed E-state index contributed by atoms with van der Waals surface area (Å²) in [6.45, 7) is 0.334. The van der Waals surface area contributed by atoms with Gasteiger partial charge in [-0.3, -0.25) is 9.48 Å². The van der Waals surface area contributed by atoms with Gasteiger partial charge in [-0.25, -0.2) is 0 Å². The lowest BCUT2D eigenvalue weighted by Gasteiger charge is -2.14. The van der Waals surface area contributed by atoms with Gasteiger partial charge in [0.1, 0.15) is 11.5 Å². The molecule has 1 atom stereocenters. The molecule has 2 aromatic carbocycles. The molecule has 0 radical (unpaired) electrons. The number of aryl methyl sites for hydroxylation is 1. The van der Waals surface area contributed by atoms with Crippen molar-refractivity contribution in [2.45, 2.75) is 19.1 Å². The summed E-state index contributed by atoms with van der Waals surface area (Å²) in [5.41, 5.74) is 8.58. The first-order valence-electron chi connectivity index (χ1n) is 8.66. The third kappa shape index (κ3) is 3.31. The Morgan fingerprint density at radius 2 is 2.22 bits per heavy atom. The molecule has 1 aliphatic heterocycles. The van der Waals surface area contributed by atoms with Gasteiger partial charge in [0.15, 0.2) is 11.9 Å². The fourth-order valence-corrected chi connectivity index (χ4v) is 3.23. The first kappa shape index (κ1) is 17.0. The largest absolute Gasteiger partial charge is 0.508 e. The highest BCUT2D eigenvalue weighted by Crippen LogP contribution is 2.30. The Labute approximate surface area is 156 Å². The van der Waals surface area contributed by atoms with Crippen LogP contribution in [0.5, 0.6) is 5.75 Å². The molecule has 0 saturated carbocycles. The first-order valence-corrected chi connectivity index (χ1v) is 8.66. The SMILES string of the molecule is Cn1nc(N)c2cc(C3=CCC(C(=O)NCc4cccc(O)c4)O3)ccc21. The van der Waals surface area contributed by atoms with E-state index in [0.717, 1.165) is 22.0 Å². The average molecular weight is 364 g/mol. The zero-order valence-electron chi connectivity index (χ0n) is 14.8. The van der Waals surface area contributed by atoms with Crippen molar-refractivity contribution >= 4 is 28.4 Å². The Hall–Kier alpha value is -3.48. The van der Waals surface area contributed by atoms with E-state index in [1.165, 1.54) is 0 Å². The van der Waals surface area contributed by atoms with Crippen molar-refractivity contribution in [3.63, 3.8) is 0 Å². The van der Waals surface area contributed by atoms with E-state index in [4.69, 9.17) is 10.5 Å². The number of benzene rings is 2. The topological polar surface area (TPSA) is 102 Å². The molecule has 0 spiro atoms. The average Bonchev–Trinajstić information content (AvgIpc) is 3.25. The number of nitrogens with two attached hydrogens (primary N) is 1. The van der Waals surface area contributed by atoms with Crippen molar-refractivity contribution in [3.8, 4) is 5.75 Å². The number of carbonyl (C=O) groups is 1. The number of anilines is 1. The van der Waals surface area contributed by atoms with E-state index < -0.39 is 6.10 Å². The Kier molecular flexibility index (Phi) is 4.19. The van der Waals surface area contributed by atoms with Crippen LogP contribution in [0.4, 0.5) is 5.82 Å². The fourth-order valence-electron chi connectivity index (χ4n) is 3.23. The van der Waals surface area contributed by atoms with E-state index in [2.05, 4.69) is 10.4 Å². The molecule has 0 fully saturated rings. The van der Waals surface area contributed by atoms with Crippen LogP contribution in [0.15, 0.2) is 48.5 Å². The fraction of sp³-hybridized carbons (Fsp3) is 0.200. The molecule has 1 aliphatic rings. The van der Waals surface area contributed by atoms with Crippen LogP contribution in [-0.4, -0.2) is 26.9 Å². The van der Waals surface area contributed by atoms with E-state index in [1.807, 2.05) is 37.4 Å². The minimum atomic E-state index is -0.570. The molecule has 2 heterocycles. The van der Waals surface area contributed by atoms with Crippen molar-refractivity contribution in [3.05, 3.63) is 59.7 Å². The molecular weight excluding hydrogens is 344 g/mol. The van der Waals surface area contributed by atoms with Gasteiger partial charge in [-0.2, -0.15) is 5.10 Å². The maximum absolute atomic E-state index is 12.4. The van der Waals surface area contributed by atoms with Gasteiger partial charge in [0.05, 0.1) is 5.52 Å². The van der Waals surface area contributed by atoms with Crippen molar-refractivity contribution < 1.29 is 14.6 Å². The number of carbonyl (C=O) groups excluding carboxylic acids is 1. The Morgan fingerprint density at radius 1 is 1.37 bits per heavy atom. The summed E-state index contributed by atoms with van der Waals surface area (Å²) in [5, 5.41) is 17.4. The second-order valence-electron chi connectivity index (χ2n) is 6.54. The second-order valence-corrected chi connectivity index (χ2v) is 6.54. The third-order valence-corrected chi connectivity index (χ3v) is 4.62. The lowest BCUT2D eigenvalue weighted by Crippen LogP contribution is -2.33. The van der Waals surface area contributed by atoms with Gasteiger partial charge in [0.25, 0.3) is 5.91 Å². The number of nitrogen functional groups attached to an aromatic ring is 1. The zero-order valence-corrected chi connectivity index (χ0v) is 14.8. The predicted molar refractivity (Wildman–Crippen MR) is 103 cm³/mol. The van der Waals surface area contributed by atoms with Crippen LogP contribution in [0.2, 0.25) is 0 Å². The van der Waals surface area contributed by atoms with Gasteiger partial charge in [-0.05, 0) is 42.0 Å². The van der Waals surface area contributed by atoms with E-state index in [9.17, 15) is 9.90 Å². The molecule has 1 amide bonds. The number of phenolic OH excluding ortho intramolecular Hbond substituents is 1. The minimum Gasteiger partial charge on any atom is -0.508 e.